The SMILES string of the molecule is CC(c1cccc(N)c1)N1CCCC2CCCC21. The largest absolute Gasteiger partial charge is 0.399 e. The summed E-state index contributed by atoms with van der Waals surface area (Å²) in [7, 11) is 0. The third-order valence-electron chi connectivity index (χ3n) is 4.93. The van der Waals surface area contributed by atoms with Crippen LogP contribution < -0.4 is 5.73 Å². The first kappa shape index (κ1) is 12.0. The second-order valence-electron chi connectivity index (χ2n) is 5.98. The molecule has 1 aromatic carbocycles. The maximum absolute atomic E-state index is 5.91. The summed E-state index contributed by atoms with van der Waals surface area (Å²) in [5, 5.41) is 0. The molecule has 1 aromatic rings. The molecule has 2 aliphatic rings. The number of hydrogen-bond acceptors (Lipinski definition) is 2. The quantitative estimate of drug-likeness (QED) is 0.805. The standard InChI is InChI=1S/C16H24N2/c1-12(14-6-2-8-15(17)11-14)18-10-4-7-13-5-3-9-16(13)18/h2,6,8,11-13,16H,3-5,7,9-10,17H2,1H3. The zero-order chi connectivity index (χ0) is 12.5. The topological polar surface area (TPSA) is 29.3 Å². The highest BCUT2D eigenvalue weighted by atomic mass is 15.2. The molecule has 1 heterocycles. The van der Waals surface area contributed by atoms with Gasteiger partial charge < -0.3 is 5.73 Å². The number of piperidine rings is 1. The Bertz CT molecular complexity index is 415. The highest BCUT2D eigenvalue weighted by molar-refractivity contribution is 5.41. The van der Waals surface area contributed by atoms with Crippen molar-refractivity contribution in [2.75, 3.05) is 12.3 Å². The van der Waals surface area contributed by atoms with Crippen molar-refractivity contribution in [2.45, 2.75) is 51.1 Å². The molecule has 0 radical (unpaired) electrons. The normalized spacial score (nSPS) is 30.1. The van der Waals surface area contributed by atoms with Gasteiger partial charge in [-0.1, -0.05) is 18.6 Å². The Labute approximate surface area is 110 Å². The van der Waals surface area contributed by atoms with Crippen molar-refractivity contribution in [3.05, 3.63) is 29.8 Å². The Morgan fingerprint density at radius 2 is 2.06 bits per heavy atom. The zero-order valence-corrected chi connectivity index (χ0v) is 11.3. The second-order valence-corrected chi connectivity index (χ2v) is 5.98. The number of nitrogens with zero attached hydrogens (tertiary/aromatic N) is 1. The number of nitrogen functional groups attached to an aromatic ring is 1. The van der Waals surface area contributed by atoms with Crippen LogP contribution in [0.5, 0.6) is 0 Å². The van der Waals surface area contributed by atoms with E-state index in [2.05, 4.69) is 30.0 Å². The van der Waals surface area contributed by atoms with Gasteiger partial charge in [0.15, 0.2) is 0 Å². The van der Waals surface area contributed by atoms with Gasteiger partial charge in [0.25, 0.3) is 0 Å². The van der Waals surface area contributed by atoms with Gasteiger partial charge in [0.2, 0.25) is 0 Å². The summed E-state index contributed by atoms with van der Waals surface area (Å²) in [5.41, 5.74) is 8.18. The summed E-state index contributed by atoms with van der Waals surface area (Å²) in [6, 6.07) is 9.76. The highest BCUT2D eigenvalue weighted by Crippen LogP contribution is 2.40. The molecule has 3 atom stereocenters. The number of anilines is 1. The Morgan fingerprint density at radius 3 is 2.89 bits per heavy atom. The van der Waals surface area contributed by atoms with Gasteiger partial charge >= 0.3 is 0 Å². The van der Waals surface area contributed by atoms with Crippen molar-refractivity contribution in [1.82, 2.24) is 4.90 Å². The molecule has 2 fully saturated rings. The Hall–Kier alpha value is -1.02. The van der Waals surface area contributed by atoms with Gasteiger partial charge in [-0.15, -0.1) is 0 Å². The van der Waals surface area contributed by atoms with Crippen molar-refractivity contribution in [3.8, 4) is 0 Å². The van der Waals surface area contributed by atoms with Crippen LogP contribution in [-0.2, 0) is 0 Å². The summed E-state index contributed by atoms with van der Waals surface area (Å²) in [6.45, 7) is 3.60. The predicted octanol–water partition coefficient (Wildman–Crippen LogP) is 3.59. The first-order valence-corrected chi connectivity index (χ1v) is 7.37. The van der Waals surface area contributed by atoms with Gasteiger partial charge in [-0.2, -0.15) is 0 Å². The fourth-order valence-corrected chi connectivity index (χ4v) is 3.98. The molecule has 0 spiro atoms. The minimum Gasteiger partial charge on any atom is -0.399 e. The van der Waals surface area contributed by atoms with Crippen molar-refractivity contribution in [3.63, 3.8) is 0 Å². The van der Waals surface area contributed by atoms with Crippen LogP contribution in [0.1, 0.15) is 50.6 Å². The van der Waals surface area contributed by atoms with Gasteiger partial charge in [-0.25, -0.2) is 0 Å². The van der Waals surface area contributed by atoms with E-state index < -0.39 is 0 Å². The maximum atomic E-state index is 5.91. The van der Waals surface area contributed by atoms with E-state index >= 15 is 0 Å². The predicted molar refractivity (Wildman–Crippen MR) is 76.3 cm³/mol. The van der Waals surface area contributed by atoms with Crippen LogP contribution in [0.2, 0.25) is 0 Å². The minimum absolute atomic E-state index is 0.513. The summed E-state index contributed by atoms with van der Waals surface area (Å²) in [5.74, 6) is 0.960. The molecule has 98 valence electrons. The van der Waals surface area contributed by atoms with Crippen LogP contribution in [0.3, 0.4) is 0 Å². The summed E-state index contributed by atoms with van der Waals surface area (Å²) in [6.07, 6.45) is 7.09. The van der Waals surface area contributed by atoms with Crippen molar-refractivity contribution >= 4 is 5.69 Å². The minimum atomic E-state index is 0.513. The van der Waals surface area contributed by atoms with Gasteiger partial charge in [0.1, 0.15) is 0 Å². The highest BCUT2D eigenvalue weighted by Gasteiger charge is 2.37. The lowest BCUT2D eigenvalue weighted by atomic mass is 9.89. The van der Waals surface area contributed by atoms with Crippen molar-refractivity contribution < 1.29 is 0 Å². The van der Waals surface area contributed by atoms with E-state index in [9.17, 15) is 0 Å². The number of hydrogen-bond donors (Lipinski definition) is 1. The number of likely N-dealkylation sites (tertiary alicyclic amines) is 1. The van der Waals surface area contributed by atoms with Crippen molar-refractivity contribution in [2.24, 2.45) is 5.92 Å². The molecule has 0 aromatic heterocycles. The molecule has 2 nitrogen and oxygen atoms in total. The van der Waals surface area contributed by atoms with Crippen LogP contribution in [-0.4, -0.2) is 17.5 Å². The first-order chi connectivity index (χ1) is 8.75. The Kier molecular flexibility index (Phi) is 3.29. The lowest BCUT2D eigenvalue weighted by Crippen LogP contribution is -2.43. The molecule has 1 saturated carbocycles. The molecule has 2 heteroatoms. The molecule has 0 bridgehead atoms. The van der Waals surface area contributed by atoms with Crippen LogP contribution >= 0.6 is 0 Å². The molecular formula is C16H24N2. The van der Waals surface area contributed by atoms with Crippen LogP contribution in [0, 0.1) is 5.92 Å². The zero-order valence-electron chi connectivity index (χ0n) is 11.3. The average molecular weight is 244 g/mol. The van der Waals surface area contributed by atoms with Crippen LogP contribution in [0.15, 0.2) is 24.3 Å². The molecule has 1 saturated heterocycles. The molecule has 1 aliphatic heterocycles. The molecule has 3 rings (SSSR count). The van der Waals surface area contributed by atoms with E-state index in [0.29, 0.717) is 6.04 Å². The van der Waals surface area contributed by atoms with Gasteiger partial charge in [0.05, 0.1) is 0 Å². The summed E-state index contributed by atoms with van der Waals surface area (Å²) in [4.78, 5) is 2.73. The maximum Gasteiger partial charge on any atom is 0.0323 e. The lowest BCUT2D eigenvalue weighted by molar-refractivity contribution is 0.0745. The monoisotopic (exact) mass is 244 g/mol. The van der Waals surface area contributed by atoms with E-state index in [-0.39, 0.29) is 0 Å². The smallest absolute Gasteiger partial charge is 0.0323 e. The van der Waals surface area contributed by atoms with Gasteiger partial charge in [0, 0.05) is 17.8 Å². The van der Waals surface area contributed by atoms with E-state index in [0.717, 1.165) is 17.6 Å². The number of benzene rings is 1. The lowest BCUT2D eigenvalue weighted by Gasteiger charge is -2.41. The van der Waals surface area contributed by atoms with Crippen molar-refractivity contribution in [1.29, 1.82) is 0 Å². The third kappa shape index (κ3) is 2.14. The molecular weight excluding hydrogens is 220 g/mol. The number of rotatable bonds is 2. The Morgan fingerprint density at radius 1 is 1.22 bits per heavy atom. The van der Waals surface area contributed by atoms with Gasteiger partial charge in [-0.3, -0.25) is 4.90 Å². The molecule has 18 heavy (non-hydrogen) atoms. The molecule has 1 aliphatic carbocycles. The molecule has 2 N–H and O–H groups in total. The second kappa shape index (κ2) is 4.93. The third-order valence-corrected chi connectivity index (χ3v) is 4.93. The fraction of sp³-hybridized carbons (Fsp3) is 0.625. The van der Waals surface area contributed by atoms with Crippen LogP contribution in [0.4, 0.5) is 5.69 Å². The van der Waals surface area contributed by atoms with Crippen LogP contribution in [0.25, 0.3) is 0 Å². The van der Waals surface area contributed by atoms with E-state index in [1.807, 2.05) is 6.07 Å². The molecule has 0 amide bonds. The van der Waals surface area contributed by atoms with E-state index in [4.69, 9.17) is 5.73 Å². The average Bonchev–Trinajstić information content (AvgIpc) is 2.86. The van der Waals surface area contributed by atoms with Gasteiger partial charge in [-0.05, 0) is 62.8 Å². The Balaban J connectivity index is 1.80. The molecule has 3 unspecified atom stereocenters. The fourth-order valence-electron chi connectivity index (χ4n) is 3.98. The first-order valence-electron chi connectivity index (χ1n) is 7.37. The number of fused-ring (bicyclic) bond motifs is 1. The van der Waals surface area contributed by atoms with E-state index in [1.165, 1.54) is 44.2 Å². The summed E-state index contributed by atoms with van der Waals surface area (Å²) >= 11 is 0. The summed E-state index contributed by atoms with van der Waals surface area (Å²) < 4.78 is 0. The van der Waals surface area contributed by atoms with E-state index in [1.54, 1.807) is 0 Å². The number of nitrogens with two attached hydrogens (primary N) is 1.